The number of aliphatic hydroxyl groups is 1. The molecule has 0 aliphatic carbocycles. The van der Waals surface area contributed by atoms with Crippen molar-refractivity contribution < 1.29 is 5.11 Å². The van der Waals surface area contributed by atoms with Crippen LogP contribution in [0.25, 0.3) is 0 Å². The van der Waals surface area contributed by atoms with E-state index in [0.29, 0.717) is 0 Å². The average Bonchev–Trinajstić information content (AvgIpc) is 1.67. The lowest BCUT2D eigenvalue weighted by molar-refractivity contribution is 0.401. The molecule has 0 aromatic carbocycles. The predicted molar refractivity (Wildman–Crippen MR) is 35.6 cm³/mol. The van der Waals surface area contributed by atoms with Crippen LogP contribution >= 0.6 is 0 Å². The molecule has 0 saturated heterocycles. The second kappa shape index (κ2) is 3.53. The quantitative estimate of drug-likeness (QED) is 0.557. The molecule has 0 rings (SSSR count). The molecule has 0 heterocycles. The predicted octanol–water partition coefficient (Wildman–Crippen LogP) is 2.45. The first-order chi connectivity index (χ1) is 3.68. The van der Waals surface area contributed by atoms with Gasteiger partial charge in [0.1, 0.15) is 0 Å². The lowest BCUT2D eigenvalue weighted by Gasteiger charge is -2.04. The molecular formula is C7H13O. The Balaban J connectivity index is 3.32. The van der Waals surface area contributed by atoms with E-state index in [1.54, 1.807) is 0 Å². The Kier molecular flexibility index (Phi) is 3.33. The Morgan fingerprint density at radius 2 is 2.12 bits per heavy atom. The van der Waals surface area contributed by atoms with Gasteiger partial charge in [-0.3, -0.25) is 0 Å². The summed E-state index contributed by atoms with van der Waals surface area (Å²) < 4.78 is 0. The summed E-state index contributed by atoms with van der Waals surface area (Å²) in [6.45, 7) is 7.36. The SMILES string of the molecule is C=C(O)[C](C)CCC. The highest BCUT2D eigenvalue weighted by Crippen LogP contribution is 2.13. The van der Waals surface area contributed by atoms with Crippen molar-refractivity contribution in [3.8, 4) is 0 Å². The van der Waals surface area contributed by atoms with Crippen molar-refractivity contribution in [1.82, 2.24) is 0 Å². The largest absolute Gasteiger partial charge is 0.512 e. The van der Waals surface area contributed by atoms with E-state index in [1.165, 1.54) is 0 Å². The van der Waals surface area contributed by atoms with Gasteiger partial charge in [0.15, 0.2) is 0 Å². The van der Waals surface area contributed by atoms with Gasteiger partial charge >= 0.3 is 0 Å². The topological polar surface area (TPSA) is 20.2 Å². The molecule has 1 heteroatoms. The van der Waals surface area contributed by atoms with Gasteiger partial charge in [-0.1, -0.05) is 26.8 Å². The first kappa shape index (κ1) is 7.54. The maximum atomic E-state index is 8.72. The van der Waals surface area contributed by atoms with Crippen LogP contribution in [0.3, 0.4) is 0 Å². The van der Waals surface area contributed by atoms with Crippen molar-refractivity contribution in [3.05, 3.63) is 18.3 Å². The van der Waals surface area contributed by atoms with Crippen LogP contribution in [-0.4, -0.2) is 5.11 Å². The number of hydrogen-bond acceptors (Lipinski definition) is 1. The van der Waals surface area contributed by atoms with Crippen molar-refractivity contribution in [2.45, 2.75) is 26.7 Å². The van der Waals surface area contributed by atoms with Crippen molar-refractivity contribution in [2.75, 3.05) is 0 Å². The Labute approximate surface area is 51.0 Å². The molecule has 1 N–H and O–H groups in total. The van der Waals surface area contributed by atoms with Crippen LogP contribution in [0, 0.1) is 5.92 Å². The van der Waals surface area contributed by atoms with E-state index in [9.17, 15) is 0 Å². The number of allylic oxidation sites excluding steroid dienone is 1. The number of hydrogen-bond donors (Lipinski definition) is 1. The minimum atomic E-state index is 0.229. The summed E-state index contributed by atoms with van der Waals surface area (Å²) in [5.41, 5.74) is 0. The van der Waals surface area contributed by atoms with E-state index in [0.717, 1.165) is 18.8 Å². The molecule has 0 aromatic heterocycles. The van der Waals surface area contributed by atoms with Crippen LogP contribution in [0.2, 0.25) is 0 Å². The Hall–Kier alpha value is -0.460. The van der Waals surface area contributed by atoms with Crippen molar-refractivity contribution in [1.29, 1.82) is 0 Å². The van der Waals surface area contributed by atoms with Crippen LogP contribution in [0.4, 0.5) is 0 Å². The van der Waals surface area contributed by atoms with Crippen molar-refractivity contribution >= 4 is 0 Å². The molecule has 0 unspecified atom stereocenters. The van der Waals surface area contributed by atoms with Gasteiger partial charge in [0, 0.05) is 5.92 Å². The molecule has 0 aliphatic heterocycles. The van der Waals surface area contributed by atoms with E-state index in [1.807, 2.05) is 6.92 Å². The van der Waals surface area contributed by atoms with E-state index in [4.69, 9.17) is 5.11 Å². The molecule has 1 nitrogen and oxygen atoms in total. The highest BCUT2D eigenvalue weighted by molar-refractivity contribution is 5.09. The van der Waals surface area contributed by atoms with Gasteiger partial charge in [-0.2, -0.15) is 0 Å². The second-order valence-electron chi connectivity index (χ2n) is 1.98. The first-order valence-corrected chi connectivity index (χ1v) is 2.89. The molecule has 0 bridgehead atoms. The summed E-state index contributed by atoms with van der Waals surface area (Å²) in [5.74, 6) is 1.22. The number of rotatable bonds is 3. The Morgan fingerprint density at radius 3 is 2.25 bits per heavy atom. The minimum absolute atomic E-state index is 0.229. The van der Waals surface area contributed by atoms with Gasteiger partial charge in [0.05, 0.1) is 5.76 Å². The molecule has 0 atom stereocenters. The lowest BCUT2D eigenvalue weighted by atomic mass is 10.1. The van der Waals surface area contributed by atoms with Crippen LogP contribution in [0.15, 0.2) is 12.3 Å². The summed E-state index contributed by atoms with van der Waals surface area (Å²) in [5, 5.41) is 8.72. The fourth-order valence-electron chi connectivity index (χ4n) is 0.519. The summed E-state index contributed by atoms with van der Waals surface area (Å²) in [4.78, 5) is 0. The third-order valence-corrected chi connectivity index (χ3v) is 1.12. The first-order valence-electron chi connectivity index (χ1n) is 2.89. The standard InChI is InChI=1S/C7H13O/c1-4-5-6(2)7(3)8/h8H,3-5H2,1-2H3. The summed E-state index contributed by atoms with van der Waals surface area (Å²) in [6.07, 6.45) is 2.03. The van der Waals surface area contributed by atoms with E-state index in [2.05, 4.69) is 13.5 Å². The maximum Gasteiger partial charge on any atom is 0.0919 e. The van der Waals surface area contributed by atoms with Crippen molar-refractivity contribution in [3.63, 3.8) is 0 Å². The zero-order valence-electron chi connectivity index (χ0n) is 5.57. The third kappa shape index (κ3) is 2.67. The van der Waals surface area contributed by atoms with E-state index < -0.39 is 0 Å². The van der Waals surface area contributed by atoms with Crippen LogP contribution in [0.5, 0.6) is 0 Å². The average molecular weight is 113 g/mol. The van der Waals surface area contributed by atoms with Crippen LogP contribution in [0.1, 0.15) is 26.7 Å². The minimum Gasteiger partial charge on any atom is -0.512 e. The van der Waals surface area contributed by atoms with E-state index in [-0.39, 0.29) is 5.76 Å². The number of aliphatic hydroxyl groups excluding tert-OH is 1. The zero-order valence-corrected chi connectivity index (χ0v) is 5.57. The molecule has 0 aromatic rings. The molecule has 8 heavy (non-hydrogen) atoms. The van der Waals surface area contributed by atoms with Gasteiger partial charge < -0.3 is 5.11 Å². The Morgan fingerprint density at radius 1 is 1.62 bits per heavy atom. The molecular weight excluding hydrogens is 100 g/mol. The molecule has 0 amide bonds. The molecule has 1 radical (unpaired) electrons. The molecule has 0 aliphatic rings. The van der Waals surface area contributed by atoms with Gasteiger partial charge in [0.25, 0.3) is 0 Å². The second-order valence-corrected chi connectivity index (χ2v) is 1.98. The highest BCUT2D eigenvalue weighted by Gasteiger charge is 2.01. The summed E-state index contributed by atoms with van der Waals surface area (Å²) >= 11 is 0. The van der Waals surface area contributed by atoms with Gasteiger partial charge in [-0.15, -0.1) is 0 Å². The summed E-state index contributed by atoms with van der Waals surface area (Å²) in [7, 11) is 0. The Bertz CT molecular complexity index is 76.5. The molecule has 0 saturated carbocycles. The van der Waals surface area contributed by atoms with Crippen LogP contribution < -0.4 is 0 Å². The van der Waals surface area contributed by atoms with Gasteiger partial charge in [-0.25, -0.2) is 0 Å². The highest BCUT2D eigenvalue weighted by atomic mass is 16.3. The smallest absolute Gasteiger partial charge is 0.0919 e. The van der Waals surface area contributed by atoms with Gasteiger partial charge in [-0.05, 0) is 6.42 Å². The monoisotopic (exact) mass is 113 g/mol. The van der Waals surface area contributed by atoms with Crippen molar-refractivity contribution in [2.24, 2.45) is 0 Å². The summed E-state index contributed by atoms with van der Waals surface area (Å²) in [6, 6.07) is 0. The molecule has 0 spiro atoms. The normalized spacial score (nSPS) is 9.88. The molecule has 0 fully saturated rings. The molecule has 47 valence electrons. The zero-order chi connectivity index (χ0) is 6.57. The lowest BCUT2D eigenvalue weighted by Crippen LogP contribution is -1.92. The maximum absolute atomic E-state index is 8.72. The van der Waals surface area contributed by atoms with E-state index >= 15 is 0 Å². The van der Waals surface area contributed by atoms with Crippen LogP contribution in [-0.2, 0) is 0 Å². The third-order valence-electron chi connectivity index (χ3n) is 1.12. The van der Waals surface area contributed by atoms with Gasteiger partial charge in [0.2, 0.25) is 0 Å². The fourth-order valence-corrected chi connectivity index (χ4v) is 0.519. The fraction of sp³-hybridized carbons (Fsp3) is 0.571.